The number of anilines is 1. The largest absolute Gasteiger partial charge is 0.452 e. The molecule has 124 valence electrons. The second-order valence-corrected chi connectivity index (χ2v) is 5.85. The second-order valence-electron chi connectivity index (χ2n) is 5.01. The Bertz CT molecular complexity index is 788. The van der Waals surface area contributed by atoms with E-state index in [4.69, 9.17) is 27.9 Å². The number of halogens is 2. The summed E-state index contributed by atoms with van der Waals surface area (Å²) in [6, 6.07) is 12.2. The van der Waals surface area contributed by atoms with Crippen LogP contribution in [-0.4, -0.2) is 18.5 Å². The molecule has 24 heavy (non-hydrogen) atoms. The molecule has 0 spiro atoms. The lowest BCUT2D eigenvalue weighted by molar-refractivity contribution is -0.142. The molecule has 2 aromatic rings. The number of hydrogen-bond acceptors (Lipinski definition) is 3. The fourth-order valence-corrected chi connectivity index (χ4v) is 2.21. The number of amides is 1. The van der Waals surface area contributed by atoms with Crippen LogP contribution < -0.4 is 5.32 Å². The van der Waals surface area contributed by atoms with E-state index in [-0.39, 0.29) is 6.61 Å². The number of ether oxygens (including phenoxy) is 1. The monoisotopic (exact) mass is 363 g/mol. The van der Waals surface area contributed by atoms with Gasteiger partial charge in [-0.25, -0.2) is 4.79 Å². The van der Waals surface area contributed by atoms with E-state index in [1.54, 1.807) is 48.5 Å². The second kappa shape index (κ2) is 8.52. The molecule has 0 saturated heterocycles. The molecule has 0 heterocycles. The predicted molar refractivity (Wildman–Crippen MR) is 96.3 cm³/mol. The normalized spacial score (nSPS) is 10.6. The van der Waals surface area contributed by atoms with Crippen LogP contribution in [0.15, 0.2) is 48.5 Å². The van der Waals surface area contributed by atoms with Gasteiger partial charge in [0, 0.05) is 21.8 Å². The third kappa shape index (κ3) is 5.72. The molecule has 1 amide bonds. The van der Waals surface area contributed by atoms with Crippen molar-refractivity contribution in [3.05, 3.63) is 69.7 Å². The zero-order valence-corrected chi connectivity index (χ0v) is 14.4. The van der Waals surface area contributed by atoms with Crippen LogP contribution in [0.4, 0.5) is 5.69 Å². The van der Waals surface area contributed by atoms with Crippen molar-refractivity contribution < 1.29 is 14.3 Å². The number of benzene rings is 2. The molecule has 0 radical (unpaired) electrons. The van der Waals surface area contributed by atoms with E-state index in [1.165, 1.54) is 6.08 Å². The Morgan fingerprint density at radius 1 is 1.17 bits per heavy atom. The van der Waals surface area contributed by atoms with Crippen molar-refractivity contribution in [3.8, 4) is 0 Å². The van der Waals surface area contributed by atoms with Crippen LogP contribution in [0.3, 0.4) is 0 Å². The van der Waals surface area contributed by atoms with Crippen molar-refractivity contribution in [1.29, 1.82) is 0 Å². The van der Waals surface area contributed by atoms with Crippen LogP contribution in [0.1, 0.15) is 11.1 Å². The van der Waals surface area contributed by atoms with Crippen LogP contribution in [0, 0.1) is 6.92 Å². The minimum Gasteiger partial charge on any atom is -0.452 e. The molecule has 0 aliphatic heterocycles. The summed E-state index contributed by atoms with van der Waals surface area (Å²) in [6.07, 6.45) is 2.80. The topological polar surface area (TPSA) is 55.4 Å². The highest BCUT2D eigenvalue weighted by Gasteiger charge is 2.06. The Kier molecular flexibility index (Phi) is 6.41. The van der Waals surface area contributed by atoms with Gasteiger partial charge in [-0.3, -0.25) is 4.79 Å². The molecule has 0 fully saturated rings. The van der Waals surface area contributed by atoms with E-state index in [2.05, 4.69) is 5.32 Å². The summed E-state index contributed by atoms with van der Waals surface area (Å²) in [5, 5.41) is 3.73. The molecule has 0 atom stereocenters. The first-order valence-electron chi connectivity index (χ1n) is 7.10. The number of carbonyl (C=O) groups is 2. The maximum atomic E-state index is 11.8. The van der Waals surface area contributed by atoms with Crippen molar-refractivity contribution in [2.24, 2.45) is 0 Å². The summed E-state index contributed by atoms with van der Waals surface area (Å²) >= 11 is 11.8. The summed E-state index contributed by atoms with van der Waals surface area (Å²) in [4.78, 5) is 23.4. The third-order valence-corrected chi connectivity index (χ3v) is 3.70. The van der Waals surface area contributed by atoms with E-state index in [9.17, 15) is 9.59 Å². The van der Waals surface area contributed by atoms with E-state index in [1.807, 2.05) is 6.92 Å². The van der Waals surface area contributed by atoms with Gasteiger partial charge in [-0.05, 0) is 48.4 Å². The third-order valence-electron chi connectivity index (χ3n) is 3.06. The van der Waals surface area contributed by atoms with Gasteiger partial charge in [0.2, 0.25) is 0 Å². The molecule has 0 bridgehead atoms. The molecule has 0 saturated carbocycles. The number of esters is 1. The van der Waals surface area contributed by atoms with Gasteiger partial charge >= 0.3 is 5.97 Å². The van der Waals surface area contributed by atoms with Gasteiger partial charge < -0.3 is 10.1 Å². The van der Waals surface area contributed by atoms with Crippen molar-refractivity contribution in [3.63, 3.8) is 0 Å². The molecule has 0 unspecified atom stereocenters. The molecule has 2 aromatic carbocycles. The quantitative estimate of drug-likeness (QED) is 0.628. The number of aryl methyl sites for hydroxylation is 1. The van der Waals surface area contributed by atoms with Crippen molar-refractivity contribution in [1.82, 2.24) is 0 Å². The van der Waals surface area contributed by atoms with E-state index in [0.29, 0.717) is 15.7 Å². The Hall–Kier alpha value is -2.30. The van der Waals surface area contributed by atoms with Crippen LogP contribution >= 0.6 is 23.2 Å². The number of rotatable bonds is 5. The summed E-state index contributed by atoms with van der Waals surface area (Å²) < 4.78 is 4.88. The van der Waals surface area contributed by atoms with Crippen molar-refractivity contribution in [2.75, 3.05) is 11.9 Å². The molecule has 1 N–H and O–H groups in total. The summed E-state index contributed by atoms with van der Waals surface area (Å²) in [5.74, 6) is -1.06. The van der Waals surface area contributed by atoms with Gasteiger partial charge in [0.25, 0.3) is 5.91 Å². The lowest BCUT2D eigenvalue weighted by Gasteiger charge is -2.07. The van der Waals surface area contributed by atoms with Crippen LogP contribution in [-0.2, 0) is 14.3 Å². The smallest absolute Gasteiger partial charge is 0.331 e. The molecule has 4 nitrogen and oxygen atoms in total. The Morgan fingerprint density at radius 3 is 2.67 bits per heavy atom. The van der Waals surface area contributed by atoms with E-state index < -0.39 is 11.9 Å². The molecule has 6 heteroatoms. The first-order valence-corrected chi connectivity index (χ1v) is 7.86. The van der Waals surface area contributed by atoms with E-state index in [0.717, 1.165) is 11.1 Å². The van der Waals surface area contributed by atoms with Gasteiger partial charge in [-0.2, -0.15) is 0 Å². The van der Waals surface area contributed by atoms with Crippen molar-refractivity contribution in [2.45, 2.75) is 6.92 Å². The van der Waals surface area contributed by atoms with Crippen LogP contribution in [0.25, 0.3) is 6.08 Å². The number of carbonyl (C=O) groups excluding carboxylic acids is 2. The SMILES string of the molecule is Cc1ccc(NC(=O)COC(=O)/C=C/c2cccc(Cl)c2)cc1Cl. The van der Waals surface area contributed by atoms with Crippen LogP contribution in [0.2, 0.25) is 10.0 Å². The maximum absolute atomic E-state index is 11.8. The highest BCUT2D eigenvalue weighted by Crippen LogP contribution is 2.19. The van der Waals surface area contributed by atoms with Crippen molar-refractivity contribution >= 4 is 46.8 Å². The Balaban J connectivity index is 1.82. The van der Waals surface area contributed by atoms with Gasteiger partial charge in [0.1, 0.15) is 0 Å². The number of hydrogen-bond donors (Lipinski definition) is 1. The molecular formula is C18H15Cl2NO3. The van der Waals surface area contributed by atoms with Gasteiger partial charge in [0.05, 0.1) is 0 Å². The lowest BCUT2D eigenvalue weighted by atomic mass is 10.2. The van der Waals surface area contributed by atoms with Gasteiger partial charge in [0.15, 0.2) is 6.61 Å². The average molecular weight is 364 g/mol. The molecule has 0 aliphatic rings. The van der Waals surface area contributed by atoms with Gasteiger partial charge in [-0.1, -0.05) is 41.4 Å². The van der Waals surface area contributed by atoms with E-state index >= 15 is 0 Å². The Labute approximate surface area is 150 Å². The van der Waals surface area contributed by atoms with Gasteiger partial charge in [-0.15, -0.1) is 0 Å². The van der Waals surface area contributed by atoms with Crippen LogP contribution in [0.5, 0.6) is 0 Å². The average Bonchev–Trinajstić information content (AvgIpc) is 2.54. The fraction of sp³-hybridized carbons (Fsp3) is 0.111. The highest BCUT2D eigenvalue weighted by molar-refractivity contribution is 6.31. The fourth-order valence-electron chi connectivity index (χ4n) is 1.83. The zero-order valence-electron chi connectivity index (χ0n) is 12.9. The standard InChI is InChI=1S/C18H15Cl2NO3/c1-12-5-7-15(10-16(12)20)21-17(22)11-24-18(23)8-6-13-3-2-4-14(19)9-13/h2-10H,11H2,1H3,(H,21,22)/b8-6+. The summed E-state index contributed by atoms with van der Waals surface area (Å²) in [5.41, 5.74) is 2.21. The minimum atomic E-state index is -0.618. The Morgan fingerprint density at radius 2 is 1.96 bits per heavy atom. The minimum absolute atomic E-state index is 0.385. The molecule has 2 rings (SSSR count). The predicted octanol–water partition coefficient (Wildman–Crippen LogP) is 4.50. The number of nitrogens with one attached hydrogen (secondary N) is 1. The lowest BCUT2D eigenvalue weighted by Crippen LogP contribution is -2.20. The first-order chi connectivity index (χ1) is 11.4. The maximum Gasteiger partial charge on any atom is 0.331 e. The first kappa shape index (κ1) is 18.0. The summed E-state index contributed by atoms with van der Waals surface area (Å²) in [6.45, 7) is 1.48. The molecule has 0 aromatic heterocycles. The molecular weight excluding hydrogens is 349 g/mol. The summed E-state index contributed by atoms with van der Waals surface area (Å²) in [7, 11) is 0. The highest BCUT2D eigenvalue weighted by atomic mass is 35.5. The zero-order chi connectivity index (χ0) is 17.5. The molecule has 0 aliphatic carbocycles.